The zero-order valence-corrected chi connectivity index (χ0v) is 17.4. The number of fused-ring (bicyclic) bond motifs is 1. The van der Waals surface area contributed by atoms with E-state index in [1.165, 1.54) is 0 Å². The first kappa shape index (κ1) is 21.3. The number of aliphatic hydroxyl groups is 2. The molecule has 0 aliphatic carbocycles. The molecule has 0 aliphatic heterocycles. The summed E-state index contributed by atoms with van der Waals surface area (Å²) in [7, 11) is 0.282. The van der Waals surface area contributed by atoms with Gasteiger partial charge in [0.15, 0.2) is 0 Å². The largest absolute Gasteiger partial charge is 0.427 e. The molecule has 0 fully saturated rings. The first-order valence-corrected chi connectivity index (χ1v) is 9.10. The van der Waals surface area contributed by atoms with Crippen LogP contribution in [-0.4, -0.2) is 39.1 Å². The van der Waals surface area contributed by atoms with Crippen molar-refractivity contribution in [3.05, 3.63) is 29.4 Å². The van der Waals surface area contributed by atoms with Crippen molar-refractivity contribution in [2.24, 2.45) is 0 Å². The number of hydrogen-bond acceptors (Lipinski definition) is 4. The summed E-state index contributed by atoms with van der Waals surface area (Å²) in [6, 6.07) is 5.49. The highest BCUT2D eigenvalue weighted by Gasteiger charge is 2.36. The van der Waals surface area contributed by atoms with Crippen molar-refractivity contribution >= 4 is 35.4 Å². The van der Waals surface area contributed by atoms with Crippen molar-refractivity contribution in [3.8, 4) is 0 Å². The van der Waals surface area contributed by atoms with E-state index in [1.54, 1.807) is 36.7 Å². The van der Waals surface area contributed by atoms with Crippen molar-refractivity contribution in [3.63, 3.8) is 0 Å². The molecule has 1 unspecified atom stereocenters. The van der Waals surface area contributed by atoms with Crippen LogP contribution in [0, 0.1) is 0 Å². The molecule has 26 heavy (non-hydrogen) atoms. The minimum Gasteiger partial charge on any atom is -0.427 e. The second kappa shape index (κ2) is 7.17. The highest BCUT2D eigenvalue weighted by molar-refractivity contribution is 6.51. The number of nitrogens with zero attached hydrogens (tertiary/aromatic N) is 1. The molecule has 1 aromatic heterocycles. The number of ether oxygens (including phenoxy) is 1. The van der Waals surface area contributed by atoms with Crippen LogP contribution in [-0.2, 0) is 9.39 Å². The smallest absolute Gasteiger partial charge is 0.311 e. The Morgan fingerprint density at radius 3 is 2.27 bits per heavy atom. The molecule has 1 atom stereocenters. The number of rotatable bonds is 6. The fourth-order valence-electron chi connectivity index (χ4n) is 2.40. The van der Waals surface area contributed by atoms with Crippen LogP contribution in [0.5, 0.6) is 0 Å². The predicted molar refractivity (Wildman–Crippen MR) is 107 cm³/mol. The topological polar surface area (TPSA) is 63.9 Å². The molecule has 0 aliphatic rings. The van der Waals surface area contributed by atoms with Gasteiger partial charge in [0.25, 0.3) is 0 Å². The lowest BCUT2D eigenvalue weighted by Crippen LogP contribution is -2.49. The summed E-state index contributed by atoms with van der Waals surface area (Å²) in [6.45, 7) is 12.8. The quantitative estimate of drug-likeness (QED) is 0.596. The van der Waals surface area contributed by atoms with Gasteiger partial charge in [-0.25, -0.2) is 0 Å². The first-order valence-electron chi connectivity index (χ1n) is 8.72. The van der Waals surface area contributed by atoms with Gasteiger partial charge in [-0.15, -0.1) is 0 Å². The van der Waals surface area contributed by atoms with E-state index in [4.69, 9.17) is 21.0 Å². The molecule has 2 N–H and O–H groups in total. The molecule has 0 saturated heterocycles. The number of aliphatic hydroxyl groups excluding tert-OH is 1. The summed E-state index contributed by atoms with van der Waals surface area (Å²) in [4.78, 5) is 0. The van der Waals surface area contributed by atoms with Crippen molar-refractivity contribution in [1.29, 1.82) is 0 Å². The number of benzene rings is 1. The number of aromatic nitrogens is 1. The van der Waals surface area contributed by atoms with Crippen LogP contribution >= 0.6 is 11.6 Å². The molecule has 1 heterocycles. The molecule has 2 aromatic rings. The third-order valence-electron chi connectivity index (χ3n) is 4.64. The molecule has 7 heteroatoms. The summed E-state index contributed by atoms with van der Waals surface area (Å²) in [5, 5.41) is 22.3. The Morgan fingerprint density at radius 2 is 1.73 bits per heavy atom. The van der Waals surface area contributed by atoms with Crippen LogP contribution in [0.2, 0.25) is 5.02 Å². The summed E-state index contributed by atoms with van der Waals surface area (Å²) in [5.74, 6) is 0. The summed E-state index contributed by atoms with van der Waals surface area (Å²) >= 11 is 6.15. The number of hydrogen-bond donors (Lipinski definition) is 2. The maximum absolute atomic E-state index is 10.5. The Bertz CT molecular complexity index is 774. The Labute approximate surface area is 161 Å². The van der Waals surface area contributed by atoms with Gasteiger partial charge >= 0.3 is 7.48 Å². The lowest BCUT2D eigenvalue weighted by molar-refractivity contribution is -0.207. The van der Waals surface area contributed by atoms with Crippen LogP contribution in [0.25, 0.3) is 10.9 Å². The second-order valence-corrected chi connectivity index (χ2v) is 9.07. The predicted octanol–water partition coefficient (Wildman–Crippen LogP) is 3.10. The van der Waals surface area contributed by atoms with Gasteiger partial charge in [-0.2, -0.15) is 0 Å². The van der Waals surface area contributed by atoms with Crippen LogP contribution in [0.3, 0.4) is 0 Å². The number of halogens is 1. The third-order valence-corrected chi connectivity index (χ3v) is 4.87. The SMILES string of the molecule is CC(C)(C)OC(O)n1cc(BOC(C)(C)C(C)(C)O)c2ccc(Cl)cc21. The average Bonchev–Trinajstić information content (AvgIpc) is 2.80. The average molecular weight is 382 g/mol. The molecule has 0 spiro atoms. The van der Waals surface area contributed by atoms with Crippen molar-refractivity contribution < 1.29 is 19.6 Å². The molecular weight excluding hydrogens is 352 g/mol. The van der Waals surface area contributed by atoms with Crippen LogP contribution in [0.15, 0.2) is 24.4 Å². The second-order valence-electron chi connectivity index (χ2n) is 8.64. The van der Waals surface area contributed by atoms with Crippen molar-refractivity contribution in [2.75, 3.05) is 0 Å². The fourth-order valence-corrected chi connectivity index (χ4v) is 2.57. The zero-order valence-electron chi connectivity index (χ0n) is 16.6. The highest BCUT2D eigenvalue weighted by atomic mass is 35.5. The first-order chi connectivity index (χ1) is 11.7. The minimum atomic E-state index is -1.15. The van der Waals surface area contributed by atoms with E-state index in [1.807, 2.05) is 40.7 Å². The van der Waals surface area contributed by atoms with Gasteiger partial charge in [0.1, 0.15) is 0 Å². The van der Waals surface area contributed by atoms with E-state index >= 15 is 0 Å². The maximum atomic E-state index is 10.5. The van der Waals surface area contributed by atoms with E-state index in [2.05, 4.69) is 0 Å². The lowest BCUT2D eigenvalue weighted by atomic mass is 9.82. The van der Waals surface area contributed by atoms with Gasteiger partial charge in [-0.1, -0.05) is 17.7 Å². The summed E-state index contributed by atoms with van der Waals surface area (Å²) < 4.78 is 13.3. The van der Waals surface area contributed by atoms with E-state index in [9.17, 15) is 10.2 Å². The van der Waals surface area contributed by atoms with E-state index in [-0.39, 0.29) is 7.48 Å². The molecule has 2 rings (SSSR count). The third kappa shape index (κ3) is 4.81. The maximum Gasteiger partial charge on any atom is 0.311 e. The molecule has 0 bridgehead atoms. The van der Waals surface area contributed by atoms with Gasteiger partial charge < -0.3 is 19.6 Å². The molecule has 5 nitrogen and oxygen atoms in total. The van der Waals surface area contributed by atoms with Crippen molar-refractivity contribution in [2.45, 2.75) is 71.7 Å². The molecular formula is C19H29BClNO4. The molecule has 0 saturated carbocycles. The Hall–Kier alpha value is -1.05. The van der Waals surface area contributed by atoms with E-state index < -0.39 is 23.2 Å². The summed E-state index contributed by atoms with van der Waals surface area (Å²) in [5.41, 5.74) is -0.606. The highest BCUT2D eigenvalue weighted by Crippen LogP contribution is 2.27. The van der Waals surface area contributed by atoms with Crippen molar-refractivity contribution in [1.82, 2.24) is 4.57 Å². The zero-order chi connectivity index (χ0) is 19.9. The normalized spacial score (nSPS) is 14.7. The molecule has 1 aromatic carbocycles. The Kier molecular flexibility index (Phi) is 5.86. The van der Waals surface area contributed by atoms with Gasteiger partial charge in [0, 0.05) is 11.2 Å². The van der Waals surface area contributed by atoms with E-state index in [0.717, 1.165) is 16.4 Å². The monoisotopic (exact) mass is 381 g/mol. The standard InChI is InChI=1S/C19H29BClNO4/c1-17(2,3)25-16(23)22-11-14(13-9-8-12(21)10-15(13)22)20-26-19(6,7)18(4,5)24/h8-11,16,20,23-24H,1-7H3. The lowest BCUT2D eigenvalue weighted by Gasteiger charge is -2.37. The molecule has 0 radical (unpaired) electrons. The van der Waals surface area contributed by atoms with Gasteiger partial charge in [0.05, 0.1) is 22.3 Å². The van der Waals surface area contributed by atoms with E-state index in [0.29, 0.717) is 5.02 Å². The van der Waals surface area contributed by atoms with Crippen LogP contribution < -0.4 is 5.46 Å². The minimum absolute atomic E-state index is 0.282. The van der Waals surface area contributed by atoms with Gasteiger partial charge in [-0.05, 0) is 71.4 Å². The Balaban J connectivity index is 2.39. The van der Waals surface area contributed by atoms with Crippen LogP contribution in [0.1, 0.15) is 54.9 Å². The van der Waals surface area contributed by atoms with Gasteiger partial charge in [0.2, 0.25) is 6.41 Å². The molecule has 144 valence electrons. The Morgan fingerprint density at radius 1 is 1.12 bits per heavy atom. The summed E-state index contributed by atoms with van der Waals surface area (Å²) in [6.07, 6.45) is 0.657. The molecule has 0 amide bonds. The van der Waals surface area contributed by atoms with Crippen LogP contribution in [0.4, 0.5) is 0 Å². The fraction of sp³-hybridized carbons (Fsp3) is 0.579. The van der Waals surface area contributed by atoms with Gasteiger partial charge in [-0.3, -0.25) is 4.57 Å².